The maximum Gasteiger partial charge on any atom is 0.252 e. The number of amides is 2. The van der Waals surface area contributed by atoms with Crippen molar-refractivity contribution >= 4 is 11.8 Å². The van der Waals surface area contributed by atoms with Crippen LogP contribution in [0.15, 0.2) is 48.5 Å². The van der Waals surface area contributed by atoms with E-state index in [1.807, 2.05) is 32.9 Å². The van der Waals surface area contributed by atoms with Gasteiger partial charge in [0.25, 0.3) is 5.91 Å². The Morgan fingerprint density at radius 2 is 1.69 bits per heavy atom. The average Bonchev–Trinajstić information content (AvgIpc) is 2.61. The van der Waals surface area contributed by atoms with E-state index in [9.17, 15) is 14.0 Å². The molecule has 2 rings (SSSR count). The molecule has 26 heavy (non-hydrogen) atoms. The maximum absolute atomic E-state index is 12.9. The highest BCUT2D eigenvalue weighted by Crippen LogP contribution is 2.09. The van der Waals surface area contributed by atoms with Gasteiger partial charge >= 0.3 is 0 Å². The fraction of sp³-hybridized carbons (Fsp3) is 0.333. The van der Waals surface area contributed by atoms with Crippen LogP contribution in [0.25, 0.3) is 0 Å². The quantitative estimate of drug-likeness (QED) is 0.800. The number of hydrogen-bond acceptors (Lipinski definition) is 2. The minimum atomic E-state index is -0.615. The summed E-state index contributed by atoms with van der Waals surface area (Å²) in [5.74, 6) is -0.801. The van der Waals surface area contributed by atoms with Gasteiger partial charge in [-0.15, -0.1) is 0 Å². The standard InChI is InChI=1S/C21H25FN2O2/c1-14(2)19(24-20(25)18-7-5-4-6-15(18)3)21(26)23-13-12-16-8-10-17(22)11-9-16/h4-11,14,19H,12-13H2,1-3H3,(H,23,26)(H,24,25)/t19-/m0/s1. The Labute approximate surface area is 153 Å². The van der Waals surface area contributed by atoms with Crippen LogP contribution in [0.1, 0.15) is 35.3 Å². The van der Waals surface area contributed by atoms with E-state index in [0.29, 0.717) is 18.5 Å². The smallest absolute Gasteiger partial charge is 0.252 e. The van der Waals surface area contributed by atoms with Gasteiger partial charge in [0.05, 0.1) is 0 Å². The first-order valence-corrected chi connectivity index (χ1v) is 8.77. The Morgan fingerprint density at radius 3 is 2.31 bits per heavy atom. The van der Waals surface area contributed by atoms with E-state index < -0.39 is 6.04 Å². The van der Waals surface area contributed by atoms with Crippen LogP contribution in [0.2, 0.25) is 0 Å². The zero-order valence-corrected chi connectivity index (χ0v) is 15.4. The highest BCUT2D eigenvalue weighted by molar-refractivity contribution is 5.98. The molecule has 0 aliphatic heterocycles. The van der Waals surface area contributed by atoms with Gasteiger partial charge in [-0.1, -0.05) is 44.2 Å². The normalized spacial score (nSPS) is 11.9. The summed E-state index contributed by atoms with van der Waals surface area (Å²) in [6, 6.07) is 12.9. The van der Waals surface area contributed by atoms with E-state index >= 15 is 0 Å². The Hall–Kier alpha value is -2.69. The molecular formula is C21H25FN2O2. The van der Waals surface area contributed by atoms with Crippen molar-refractivity contribution in [3.8, 4) is 0 Å². The molecule has 0 aliphatic rings. The molecule has 2 aromatic carbocycles. The van der Waals surface area contributed by atoms with Gasteiger partial charge < -0.3 is 10.6 Å². The number of halogens is 1. The Morgan fingerprint density at radius 1 is 1.04 bits per heavy atom. The number of carbonyl (C=O) groups is 2. The number of hydrogen-bond donors (Lipinski definition) is 2. The van der Waals surface area contributed by atoms with Crippen LogP contribution in [0.5, 0.6) is 0 Å². The highest BCUT2D eigenvalue weighted by Gasteiger charge is 2.24. The third-order valence-corrected chi connectivity index (χ3v) is 4.25. The van der Waals surface area contributed by atoms with Crippen molar-refractivity contribution in [3.05, 3.63) is 71.0 Å². The van der Waals surface area contributed by atoms with E-state index in [2.05, 4.69) is 10.6 Å². The lowest BCUT2D eigenvalue weighted by Crippen LogP contribution is -2.50. The molecule has 5 heteroatoms. The van der Waals surface area contributed by atoms with Gasteiger partial charge in [-0.05, 0) is 48.6 Å². The molecule has 0 aromatic heterocycles. The summed E-state index contributed by atoms with van der Waals surface area (Å²) >= 11 is 0. The SMILES string of the molecule is Cc1ccccc1C(=O)N[C@H](C(=O)NCCc1ccc(F)cc1)C(C)C. The Bertz CT molecular complexity index is 757. The number of aryl methyl sites for hydroxylation is 1. The van der Waals surface area contributed by atoms with Gasteiger partial charge in [-0.3, -0.25) is 9.59 Å². The average molecular weight is 356 g/mol. The van der Waals surface area contributed by atoms with Gasteiger partial charge in [0.1, 0.15) is 11.9 Å². The fourth-order valence-electron chi connectivity index (χ4n) is 2.67. The van der Waals surface area contributed by atoms with Gasteiger partial charge in [0.15, 0.2) is 0 Å². The first kappa shape index (κ1) is 19.6. The van der Waals surface area contributed by atoms with E-state index in [4.69, 9.17) is 0 Å². The van der Waals surface area contributed by atoms with Crippen LogP contribution in [-0.2, 0) is 11.2 Å². The second-order valence-electron chi connectivity index (χ2n) is 6.68. The molecule has 0 saturated heterocycles. The van der Waals surface area contributed by atoms with Crippen LogP contribution >= 0.6 is 0 Å². The van der Waals surface area contributed by atoms with E-state index in [-0.39, 0.29) is 23.5 Å². The molecule has 0 unspecified atom stereocenters. The van der Waals surface area contributed by atoms with Crippen molar-refractivity contribution < 1.29 is 14.0 Å². The van der Waals surface area contributed by atoms with Crippen molar-refractivity contribution in [2.24, 2.45) is 5.92 Å². The van der Waals surface area contributed by atoms with Crippen molar-refractivity contribution in [2.75, 3.05) is 6.54 Å². The molecule has 0 radical (unpaired) electrons. The third-order valence-electron chi connectivity index (χ3n) is 4.25. The maximum atomic E-state index is 12.9. The summed E-state index contributed by atoms with van der Waals surface area (Å²) < 4.78 is 12.9. The van der Waals surface area contributed by atoms with Crippen LogP contribution < -0.4 is 10.6 Å². The van der Waals surface area contributed by atoms with Gasteiger partial charge in [-0.2, -0.15) is 0 Å². The summed E-state index contributed by atoms with van der Waals surface area (Å²) in [5.41, 5.74) is 2.37. The molecule has 0 saturated carbocycles. The zero-order valence-electron chi connectivity index (χ0n) is 15.4. The largest absolute Gasteiger partial charge is 0.354 e. The molecule has 4 nitrogen and oxygen atoms in total. The van der Waals surface area contributed by atoms with Crippen molar-refractivity contribution in [3.63, 3.8) is 0 Å². The van der Waals surface area contributed by atoms with Gasteiger partial charge in [-0.25, -0.2) is 4.39 Å². The van der Waals surface area contributed by atoms with Crippen LogP contribution in [0.4, 0.5) is 4.39 Å². The first-order valence-electron chi connectivity index (χ1n) is 8.77. The lowest BCUT2D eigenvalue weighted by molar-refractivity contribution is -0.123. The van der Waals surface area contributed by atoms with Gasteiger partial charge in [0, 0.05) is 12.1 Å². The number of rotatable bonds is 7. The predicted molar refractivity (Wildman–Crippen MR) is 100 cm³/mol. The molecule has 0 heterocycles. The molecule has 0 fully saturated rings. The molecule has 2 amide bonds. The van der Waals surface area contributed by atoms with Crippen molar-refractivity contribution in [1.82, 2.24) is 10.6 Å². The van der Waals surface area contributed by atoms with Crippen LogP contribution in [0, 0.1) is 18.7 Å². The molecular weight excluding hydrogens is 331 g/mol. The lowest BCUT2D eigenvalue weighted by Gasteiger charge is -2.22. The van der Waals surface area contributed by atoms with E-state index in [0.717, 1.165) is 11.1 Å². The summed E-state index contributed by atoms with van der Waals surface area (Å²) in [4.78, 5) is 25.0. The number of benzene rings is 2. The minimum absolute atomic E-state index is 0.0474. The number of carbonyl (C=O) groups excluding carboxylic acids is 2. The molecule has 138 valence electrons. The lowest BCUT2D eigenvalue weighted by atomic mass is 10.0. The topological polar surface area (TPSA) is 58.2 Å². The monoisotopic (exact) mass is 356 g/mol. The minimum Gasteiger partial charge on any atom is -0.354 e. The second-order valence-corrected chi connectivity index (χ2v) is 6.68. The van der Waals surface area contributed by atoms with Crippen LogP contribution in [0.3, 0.4) is 0 Å². The second kappa shape index (κ2) is 9.13. The van der Waals surface area contributed by atoms with E-state index in [1.54, 1.807) is 24.3 Å². The van der Waals surface area contributed by atoms with Crippen molar-refractivity contribution in [2.45, 2.75) is 33.2 Å². The molecule has 1 atom stereocenters. The number of nitrogens with one attached hydrogen (secondary N) is 2. The first-order chi connectivity index (χ1) is 12.4. The summed E-state index contributed by atoms with van der Waals surface area (Å²) in [6.07, 6.45) is 0.600. The molecule has 0 spiro atoms. The Balaban J connectivity index is 1.93. The van der Waals surface area contributed by atoms with Crippen LogP contribution in [-0.4, -0.2) is 24.4 Å². The summed E-state index contributed by atoms with van der Waals surface area (Å²) in [6.45, 7) is 6.07. The fourth-order valence-corrected chi connectivity index (χ4v) is 2.67. The summed E-state index contributed by atoms with van der Waals surface area (Å²) in [5, 5.41) is 5.68. The van der Waals surface area contributed by atoms with E-state index in [1.165, 1.54) is 12.1 Å². The Kier molecular flexibility index (Phi) is 6.89. The predicted octanol–water partition coefficient (Wildman–Crippen LogP) is 3.25. The van der Waals surface area contributed by atoms with Gasteiger partial charge in [0.2, 0.25) is 5.91 Å². The molecule has 0 bridgehead atoms. The zero-order chi connectivity index (χ0) is 19.1. The molecule has 2 aromatic rings. The third kappa shape index (κ3) is 5.41. The highest BCUT2D eigenvalue weighted by atomic mass is 19.1. The summed E-state index contributed by atoms with van der Waals surface area (Å²) in [7, 11) is 0. The molecule has 2 N–H and O–H groups in total. The molecule has 0 aliphatic carbocycles. The van der Waals surface area contributed by atoms with Crippen molar-refractivity contribution in [1.29, 1.82) is 0 Å².